The minimum atomic E-state index is -1.51. The van der Waals surface area contributed by atoms with E-state index in [0.29, 0.717) is 0 Å². The summed E-state index contributed by atoms with van der Waals surface area (Å²) >= 11 is 0. The van der Waals surface area contributed by atoms with Gasteiger partial charge >= 0.3 is 92.9 Å². The maximum Gasteiger partial charge on any atom is 1.00 e. The van der Waals surface area contributed by atoms with E-state index in [2.05, 4.69) is 4.74 Å². The molecule has 9 nitrogen and oxygen atoms in total. The van der Waals surface area contributed by atoms with Crippen LogP contribution in [0, 0.1) is 0 Å². The van der Waals surface area contributed by atoms with Crippen LogP contribution in [0.2, 0.25) is 0 Å². The summed E-state index contributed by atoms with van der Waals surface area (Å²) < 4.78 is 4.30. The van der Waals surface area contributed by atoms with Crippen molar-refractivity contribution in [3.8, 4) is 0 Å². The summed E-state index contributed by atoms with van der Waals surface area (Å²) in [6.45, 7) is 0. The summed E-state index contributed by atoms with van der Waals surface area (Å²) in [5.74, 6) is -4.94. The molecule has 0 saturated carbocycles. The number of nitrogens with two attached hydrogens (primary N) is 2. The van der Waals surface area contributed by atoms with Gasteiger partial charge < -0.3 is 36.0 Å². The van der Waals surface area contributed by atoms with Crippen molar-refractivity contribution in [1.29, 1.82) is 0 Å². The number of carbonyl (C=O) groups is 4. The fourth-order valence-corrected chi connectivity index (χ4v) is 1.01. The maximum atomic E-state index is 11.1. The van der Waals surface area contributed by atoms with Crippen LogP contribution >= 0.6 is 0 Å². The molecule has 0 unspecified atom stereocenters. The molecule has 0 spiro atoms. The number of hydrogen-bond donors (Lipinski definition) is 2. The van der Waals surface area contributed by atoms with Crippen LogP contribution in [0.1, 0.15) is 25.7 Å². The van der Waals surface area contributed by atoms with Gasteiger partial charge in [-0.3, -0.25) is 9.59 Å². The van der Waals surface area contributed by atoms with Gasteiger partial charge in [0.2, 0.25) is 0 Å². The summed E-state index contributed by atoms with van der Waals surface area (Å²) in [7, 11) is 0. The summed E-state index contributed by atoms with van der Waals surface area (Å²) in [5.41, 5.74) is 10.2. The van der Waals surface area contributed by atoms with Gasteiger partial charge in [-0.2, -0.15) is 0 Å². The van der Waals surface area contributed by atoms with Gasteiger partial charge in [-0.05, 0) is 12.8 Å². The molecule has 0 amide bonds. The van der Waals surface area contributed by atoms with Crippen LogP contribution in [-0.4, -0.2) is 36.0 Å². The predicted molar refractivity (Wildman–Crippen MR) is 55.5 cm³/mol. The normalized spacial score (nSPS) is 12.1. The van der Waals surface area contributed by atoms with Gasteiger partial charge in [0.05, 0.1) is 11.9 Å². The van der Waals surface area contributed by atoms with Gasteiger partial charge in [-0.1, -0.05) is 0 Å². The maximum absolute atomic E-state index is 11.1. The van der Waals surface area contributed by atoms with E-state index in [1.807, 2.05) is 0 Å². The minimum Gasteiger partial charge on any atom is -0.548 e. The van der Waals surface area contributed by atoms with E-state index < -0.39 is 36.0 Å². The van der Waals surface area contributed by atoms with Crippen molar-refractivity contribution in [1.82, 2.24) is 0 Å². The number of hydrogen-bond acceptors (Lipinski definition) is 9. The Kier molecular flexibility index (Phi) is 18.0. The van der Waals surface area contributed by atoms with E-state index in [1.165, 1.54) is 0 Å². The SMILES string of the molecule is N[C@@H](CCC(=O)OC(=O)CC[C@H](N)C(=O)[O-])C(=O)[O-].[K+].[Na+]. The zero-order valence-corrected chi connectivity index (χ0v) is 17.1. The molecule has 0 fully saturated rings. The minimum absolute atomic E-state index is 0. The molecular formula is C10H14KN2NaO7. The van der Waals surface area contributed by atoms with Crippen LogP contribution in [0.4, 0.5) is 0 Å². The average molecular weight is 336 g/mol. The topological polar surface area (TPSA) is 176 Å². The van der Waals surface area contributed by atoms with Gasteiger partial charge in [0.1, 0.15) is 0 Å². The largest absolute Gasteiger partial charge is 1.00 e. The number of carboxylic acid groups (broad SMARTS) is 2. The molecule has 0 aromatic carbocycles. The molecule has 0 rings (SSSR count). The summed E-state index contributed by atoms with van der Waals surface area (Å²) in [6.07, 6.45) is -1.19. The van der Waals surface area contributed by atoms with Gasteiger partial charge in [-0.25, -0.2) is 0 Å². The van der Waals surface area contributed by atoms with E-state index in [4.69, 9.17) is 11.5 Å². The molecule has 0 radical (unpaired) electrons. The second kappa shape index (κ2) is 14.2. The van der Waals surface area contributed by atoms with Gasteiger partial charge in [0.15, 0.2) is 0 Å². The van der Waals surface area contributed by atoms with E-state index in [0.717, 1.165) is 0 Å². The van der Waals surface area contributed by atoms with Crippen molar-refractivity contribution >= 4 is 23.9 Å². The molecule has 0 heterocycles. The Balaban J connectivity index is -0.00000162. The summed E-state index contributed by atoms with van der Waals surface area (Å²) in [4.78, 5) is 42.7. The quantitative estimate of drug-likeness (QED) is 0.247. The predicted octanol–water partition coefficient (Wildman–Crippen LogP) is -10.2. The summed E-state index contributed by atoms with van der Waals surface area (Å²) in [5, 5.41) is 20.5. The van der Waals surface area contributed by atoms with Crippen LogP contribution in [-0.2, 0) is 23.9 Å². The standard InChI is InChI=1S/C10H16N2O7.K.Na/c11-5(9(15)16)1-3-7(13)19-8(14)4-2-6(12)10(17)18;;/h5-6H,1-4,11-12H2,(H,15,16)(H,17,18);;/q;2*+1/p-2/t5-,6-;;/m0../s1. The first-order valence-electron chi connectivity index (χ1n) is 5.40. The Morgan fingerprint density at radius 1 is 0.857 bits per heavy atom. The zero-order chi connectivity index (χ0) is 15.0. The number of rotatable bonds is 8. The van der Waals surface area contributed by atoms with E-state index in [1.54, 1.807) is 0 Å². The number of aliphatic carboxylic acids is 2. The van der Waals surface area contributed by atoms with Crippen LogP contribution in [0.5, 0.6) is 0 Å². The first-order valence-corrected chi connectivity index (χ1v) is 5.40. The molecule has 11 heteroatoms. The molecule has 0 saturated heterocycles. The third-order valence-electron chi connectivity index (χ3n) is 2.15. The molecule has 0 bridgehead atoms. The van der Waals surface area contributed by atoms with E-state index in [9.17, 15) is 29.4 Å². The van der Waals surface area contributed by atoms with Gasteiger partial charge in [-0.15, -0.1) is 0 Å². The first-order chi connectivity index (χ1) is 8.73. The molecular weight excluding hydrogens is 322 g/mol. The van der Waals surface area contributed by atoms with Gasteiger partial charge in [0.25, 0.3) is 0 Å². The number of ether oxygens (including phenoxy) is 1. The number of esters is 2. The third-order valence-corrected chi connectivity index (χ3v) is 2.15. The Hall–Kier alpha value is 0.636. The molecule has 0 aliphatic rings. The molecule has 4 N–H and O–H groups in total. The Morgan fingerprint density at radius 3 is 1.38 bits per heavy atom. The van der Waals surface area contributed by atoms with Crippen molar-refractivity contribution in [2.45, 2.75) is 37.8 Å². The van der Waals surface area contributed by atoms with Crippen LogP contribution in [0.15, 0.2) is 0 Å². The third kappa shape index (κ3) is 14.0. The van der Waals surface area contributed by atoms with Crippen LogP contribution < -0.4 is 103 Å². The zero-order valence-electron chi connectivity index (χ0n) is 12.0. The van der Waals surface area contributed by atoms with E-state index >= 15 is 0 Å². The molecule has 0 aromatic heterocycles. The Morgan fingerprint density at radius 2 is 1.14 bits per heavy atom. The monoisotopic (exact) mass is 336 g/mol. The Labute approximate surface area is 185 Å². The molecule has 0 aliphatic carbocycles. The smallest absolute Gasteiger partial charge is 0.548 e. The first kappa shape index (κ1) is 26.5. The summed E-state index contributed by atoms with van der Waals surface area (Å²) in [6, 6.07) is -2.65. The molecule has 2 atom stereocenters. The van der Waals surface area contributed by atoms with Crippen molar-refractivity contribution in [2.24, 2.45) is 11.5 Å². The second-order valence-corrected chi connectivity index (χ2v) is 3.77. The second-order valence-electron chi connectivity index (χ2n) is 3.77. The Bertz CT molecular complexity index is 346. The number of carbonyl (C=O) groups excluding carboxylic acids is 4. The van der Waals surface area contributed by atoms with Crippen molar-refractivity contribution < 1.29 is 115 Å². The average Bonchev–Trinajstić information content (AvgIpc) is 2.32. The number of carboxylic acids is 2. The molecule has 0 aliphatic heterocycles. The van der Waals surface area contributed by atoms with Crippen molar-refractivity contribution in [3.63, 3.8) is 0 Å². The fraction of sp³-hybridized carbons (Fsp3) is 0.600. The molecule has 108 valence electrons. The van der Waals surface area contributed by atoms with E-state index in [-0.39, 0.29) is 107 Å². The van der Waals surface area contributed by atoms with Crippen LogP contribution in [0.3, 0.4) is 0 Å². The fourth-order valence-electron chi connectivity index (χ4n) is 1.01. The molecule has 0 aromatic rings. The van der Waals surface area contributed by atoms with Crippen LogP contribution in [0.25, 0.3) is 0 Å². The molecule has 21 heavy (non-hydrogen) atoms. The van der Waals surface area contributed by atoms with Gasteiger partial charge in [0, 0.05) is 24.9 Å². The van der Waals surface area contributed by atoms with Crippen molar-refractivity contribution in [2.75, 3.05) is 0 Å². The van der Waals surface area contributed by atoms with Crippen molar-refractivity contribution in [3.05, 3.63) is 0 Å².